The van der Waals surface area contributed by atoms with Crippen LogP contribution in [0.2, 0.25) is 5.02 Å². The maximum atomic E-state index is 13.0. The van der Waals surface area contributed by atoms with Crippen LogP contribution in [0.3, 0.4) is 0 Å². The summed E-state index contributed by atoms with van der Waals surface area (Å²) < 4.78 is 19.3. The molecule has 0 aliphatic rings. The van der Waals surface area contributed by atoms with Crippen LogP contribution >= 0.6 is 27.5 Å². The molecule has 0 aliphatic heterocycles. The summed E-state index contributed by atoms with van der Waals surface area (Å²) in [5.41, 5.74) is 6.98. The predicted octanol–water partition coefficient (Wildman–Crippen LogP) is 4.19. The van der Waals surface area contributed by atoms with E-state index in [0.29, 0.717) is 18.1 Å². The van der Waals surface area contributed by atoms with Crippen molar-refractivity contribution in [1.29, 1.82) is 0 Å². The van der Waals surface area contributed by atoms with E-state index in [1.54, 1.807) is 30.3 Å². The first-order valence-electron chi connectivity index (χ1n) is 6.12. The van der Waals surface area contributed by atoms with Gasteiger partial charge in [0.2, 0.25) is 0 Å². The lowest BCUT2D eigenvalue weighted by atomic mass is 10.1. The maximum Gasteiger partial charge on any atom is 0.124 e. The summed E-state index contributed by atoms with van der Waals surface area (Å²) in [6.45, 7) is 0.380. The van der Waals surface area contributed by atoms with Crippen molar-refractivity contribution in [2.45, 2.75) is 12.5 Å². The van der Waals surface area contributed by atoms with Crippen LogP contribution in [-0.4, -0.2) is 12.6 Å². The first kappa shape index (κ1) is 15.3. The van der Waals surface area contributed by atoms with Gasteiger partial charge in [0.1, 0.15) is 18.2 Å². The molecule has 0 fully saturated rings. The number of hydrogen-bond donors (Lipinski definition) is 1. The number of benzene rings is 2. The Morgan fingerprint density at radius 1 is 1.20 bits per heavy atom. The van der Waals surface area contributed by atoms with Crippen LogP contribution in [0.1, 0.15) is 5.56 Å². The molecule has 106 valence electrons. The molecule has 2 aromatic rings. The minimum absolute atomic E-state index is 0.174. The number of nitrogens with two attached hydrogens (primary N) is 1. The third-order valence-electron chi connectivity index (χ3n) is 2.77. The largest absolute Gasteiger partial charge is 0.492 e. The van der Waals surface area contributed by atoms with Crippen LogP contribution < -0.4 is 10.5 Å². The van der Waals surface area contributed by atoms with Gasteiger partial charge in [0.25, 0.3) is 0 Å². The van der Waals surface area contributed by atoms with Crippen molar-refractivity contribution in [2.24, 2.45) is 5.73 Å². The van der Waals surface area contributed by atoms with E-state index in [4.69, 9.17) is 22.1 Å². The van der Waals surface area contributed by atoms with Gasteiger partial charge in [-0.2, -0.15) is 0 Å². The third-order valence-corrected chi connectivity index (χ3v) is 3.77. The number of rotatable bonds is 5. The molecule has 2 nitrogen and oxygen atoms in total. The average Bonchev–Trinajstić information content (AvgIpc) is 2.41. The van der Waals surface area contributed by atoms with Crippen molar-refractivity contribution in [3.8, 4) is 5.75 Å². The van der Waals surface area contributed by atoms with Crippen molar-refractivity contribution in [3.05, 3.63) is 63.3 Å². The molecule has 0 radical (unpaired) electrons. The van der Waals surface area contributed by atoms with Crippen molar-refractivity contribution in [2.75, 3.05) is 6.61 Å². The van der Waals surface area contributed by atoms with Crippen molar-refractivity contribution in [3.63, 3.8) is 0 Å². The summed E-state index contributed by atoms with van der Waals surface area (Å²) in [7, 11) is 0. The predicted molar refractivity (Wildman–Crippen MR) is 82.7 cm³/mol. The topological polar surface area (TPSA) is 35.2 Å². The van der Waals surface area contributed by atoms with Crippen LogP contribution in [0.5, 0.6) is 5.75 Å². The lowest BCUT2D eigenvalue weighted by molar-refractivity contribution is 0.287. The van der Waals surface area contributed by atoms with E-state index in [9.17, 15) is 4.39 Å². The van der Waals surface area contributed by atoms with Gasteiger partial charge in [-0.25, -0.2) is 4.39 Å². The highest BCUT2D eigenvalue weighted by Crippen LogP contribution is 2.20. The lowest BCUT2D eigenvalue weighted by Crippen LogP contribution is -2.30. The van der Waals surface area contributed by atoms with E-state index in [0.717, 1.165) is 15.8 Å². The Morgan fingerprint density at radius 2 is 1.90 bits per heavy atom. The Balaban J connectivity index is 1.89. The normalized spacial score (nSPS) is 12.2. The smallest absolute Gasteiger partial charge is 0.124 e. The van der Waals surface area contributed by atoms with Gasteiger partial charge in [0.05, 0.1) is 0 Å². The molecule has 1 atom stereocenters. The second-order valence-electron chi connectivity index (χ2n) is 4.46. The van der Waals surface area contributed by atoms with E-state index >= 15 is 0 Å². The summed E-state index contributed by atoms with van der Waals surface area (Å²) >= 11 is 9.12. The molecule has 2 aromatic carbocycles. The summed E-state index contributed by atoms with van der Waals surface area (Å²) in [5, 5.41) is 0.664. The molecular formula is C15H14BrClFNO. The molecule has 2 rings (SSSR count). The molecule has 2 N–H and O–H groups in total. The minimum Gasteiger partial charge on any atom is -0.492 e. The molecule has 0 spiro atoms. The average molecular weight is 359 g/mol. The number of ether oxygens (including phenoxy) is 1. The Labute approximate surface area is 130 Å². The first-order valence-corrected chi connectivity index (χ1v) is 7.29. The third kappa shape index (κ3) is 4.47. The maximum absolute atomic E-state index is 13.0. The summed E-state index contributed by atoms with van der Waals surface area (Å²) in [6, 6.07) is 11.5. The van der Waals surface area contributed by atoms with Gasteiger partial charge in [-0.1, -0.05) is 33.6 Å². The van der Waals surface area contributed by atoms with E-state index < -0.39 is 0 Å². The van der Waals surface area contributed by atoms with Gasteiger partial charge in [-0.05, 0) is 48.4 Å². The first-order chi connectivity index (χ1) is 9.54. The fraction of sp³-hybridized carbons (Fsp3) is 0.200. The van der Waals surface area contributed by atoms with Gasteiger partial charge >= 0.3 is 0 Å². The zero-order valence-electron chi connectivity index (χ0n) is 10.7. The van der Waals surface area contributed by atoms with Gasteiger partial charge in [-0.3, -0.25) is 0 Å². The molecule has 0 amide bonds. The lowest BCUT2D eigenvalue weighted by Gasteiger charge is -2.14. The number of hydrogen-bond acceptors (Lipinski definition) is 2. The van der Waals surface area contributed by atoms with E-state index in [2.05, 4.69) is 15.9 Å². The molecule has 0 aliphatic carbocycles. The van der Waals surface area contributed by atoms with E-state index in [-0.39, 0.29) is 11.9 Å². The quantitative estimate of drug-likeness (QED) is 0.870. The van der Waals surface area contributed by atoms with Gasteiger partial charge in [-0.15, -0.1) is 0 Å². The fourth-order valence-corrected chi connectivity index (χ4v) is 2.40. The Bertz CT molecular complexity index is 577. The molecule has 1 unspecified atom stereocenters. The molecule has 0 bridgehead atoms. The SMILES string of the molecule is NC(COc1ccc(Cl)cc1)Cc1ccc(F)cc1Br. The van der Waals surface area contributed by atoms with Gasteiger partial charge in [0.15, 0.2) is 0 Å². The molecule has 0 aromatic heterocycles. The zero-order chi connectivity index (χ0) is 14.5. The molecule has 5 heteroatoms. The monoisotopic (exact) mass is 357 g/mol. The fourth-order valence-electron chi connectivity index (χ4n) is 1.76. The summed E-state index contributed by atoms with van der Waals surface area (Å²) in [4.78, 5) is 0. The minimum atomic E-state index is -0.272. The number of halogens is 3. The molecular weight excluding hydrogens is 345 g/mol. The second kappa shape index (κ2) is 7.07. The Hall–Kier alpha value is -1.10. The Kier molecular flexibility index (Phi) is 5.40. The van der Waals surface area contributed by atoms with E-state index in [1.165, 1.54) is 12.1 Å². The molecule has 0 heterocycles. The summed E-state index contributed by atoms with van der Waals surface area (Å²) in [5.74, 6) is 0.453. The zero-order valence-corrected chi connectivity index (χ0v) is 13.0. The molecule has 0 saturated heterocycles. The second-order valence-corrected chi connectivity index (χ2v) is 5.76. The molecule has 20 heavy (non-hydrogen) atoms. The Morgan fingerprint density at radius 3 is 2.55 bits per heavy atom. The van der Waals surface area contributed by atoms with Crippen LogP contribution in [0.4, 0.5) is 4.39 Å². The van der Waals surface area contributed by atoms with Crippen LogP contribution in [0, 0.1) is 5.82 Å². The highest BCUT2D eigenvalue weighted by molar-refractivity contribution is 9.10. The van der Waals surface area contributed by atoms with Crippen molar-refractivity contribution < 1.29 is 9.13 Å². The van der Waals surface area contributed by atoms with Crippen LogP contribution in [0.15, 0.2) is 46.9 Å². The van der Waals surface area contributed by atoms with Crippen LogP contribution in [0.25, 0.3) is 0 Å². The highest BCUT2D eigenvalue weighted by Gasteiger charge is 2.09. The van der Waals surface area contributed by atoms with E-state index in [1.807, 2.05) is 0 Å². The van der Waals surface area contributed by atoms with Gasteiger partial charge in [0, 0.05) is 15.5 Å². The standard InChI is InChI=1S/C15H14BrClFNO/c16-15-8-12(18)4-1-10(15)7-13(19)9-20-14-5-2-11(17)3-6-14/h1-6,8,13H,7,9,19H2. The summed E-state index contributed by atoms with van der Waals surface area (Å²) in [6.07, 6.45) is 0.606. The van der Waals surface area contributed by atoms with Crippen molar-refractivity contribution >= 4 is 27.5 Å². The molecule has 0 saturated carbocycles. The highest BCUT2D eigenvalue weighted by atomic mass is 79.9. The van der Waals surface area contributed by atoms with Crippen molar-refractivity contribution in [1.82, 2.24) is 0 Å². The van der Waals surface area contributed by atoms with Gasteiger partial charge < -0.3 is 10.5 Å². The van der Waals surface area contributed by atoms with Crippen LogP contribution in [-0.2, 0) is 6.42 Å².